The Morgan fingerprint density at radius 2 is 1.71 bits per heavy atom. The lowest BCUT2D eigenvalue weighted by Gasteiger charge is -2.32. The summed E-state index contributed by atoms with van der Waals surface area (Å²) in [5.41, 5.74) is 2.62. The third-order valence-electron chi connectivity index (χ3n) is 4.54. The SMILES string of the molecule is COc1ccc(C(=O)c2cccc(CN3CCN(C)CC3)c2)cc1. The standard InChI is InChI=1S/C20H24N2O2/c1-21-10-12-22(13-11-21)15-16-4-3-5-18(14-16)20(23)17-6-8-19(24-2)9-7-17/h3-9,14H,10-13,15H2,1-2H3. The van der Waals surface area contributed by atoms with Gasteiger partial charge in [0.05, 0.1) is 7.11 Å². The average molecular weight is 324 g/mol. The first-order valence-electron chi connectivity index (χ1n) is 8.34. The van der Waals surface area contributed by atoms with E-state index in [1.165, 1.54) is 5.56 Å². The van der Waals surface area contributed by atoms with Crippen LogP contribution in [0.4, 0.5) is 0 Å². The molecule has 1 aliphatic heterocycles. The van der Waals surface area contributed by atoms with Crippen molar-refractivity contribution >= 4 is 5.78 Å². The zero-order valence-corrected chi connectivity index (χ0v) is 14.4. The molecule has 1 saturated heterocycles. The van der Waals surface area contributed by atoms with Gasteiger partial charge in [0.15, 0.2) is 5.78 Å². The summed E-state index contributed by atoms with van der Waals surface area (Å²) in [6.07, 6.45) is 0. The summed E-state index contributed by atoms with van der Waals surface area (Å²) in [5.74, 6) is 0.813. The third kappa shape index (κ3) is 4.02. The Morgan fingerprint density at radius 3 is 2.38 bits per heavy atom. The second-order valence-electron chi connectivity index (χ2n) is 6.34. The molecule has 0 amide bonds. The summed E-state index contributed by atoms with van der Waals surface area (Å²) in [5, 5.41) is 0. The summed E-state index contributed by atoms with van der Waals surface area (Å²) in [7, 11) is 3.78. The topological polar surface area (TPSA) is 32.8 Å². The number of rotatable bonds is 5. The van der Waals surface area contributed by atoms with Gasteiger partial charge in [-0.25, -0.2) is 0 Å². The fraction of sp³-hybridized carbons (Fsp3) is 0.350. The minimum atomic E-state index is 0.0536. The Balaban J connectivity index is 1.70. The van der Waals surface area contributed by atoms with Gasteiger partial charge in [-0.05, 0) is 42.9 Å². The fourth-order valence-corrected chi connectivity index (χ4v) is 2.98. The van der Waals surface area contributed by atoms with Gasteiger partial charge in [-0.1, -0.05) is 18.2 Å². The Bertz CT molecular complexity index is 689. The molecule has 0 N–H and O–H groups in total. The molecule has 1 aliphatic rings. The molecule has 0 unspecified atom stereocenters. The molecule has 3 rings (SSSR count). The number of likely N-dealkylation sites (N-methyl/N-ethyl adjacent to an activating group) is 1. The second kappa shape index (κ2) is 7.60. The van der Waals surface area contributed by atoms with E-state index < -0.39 is 0 Å². The van der Waals surface area contributed by atoms with Crippen LogP contribution in [0.5, 0.6) is 5.75 Å². The number of benzene rings is 2. The first-order valence-corrected chi connectivity index (χ1v) is 8.34. The fourth-order valence-electron chi connectivity index (χ4n) is 2.98. The van der Waals surface area contributed by atoms with Gasteiger partial charge in [0.1, 0.15) is 5.75 Å². The molecule has 0 atom stereocenters. The van der Waals surface area contributed by atoms with E-state index in [4.69, 9.17) is 4.74 Å². The quantitative estimate of drug-likeness (QED) is 0.792. The Morgan fingerprint density at radius 1 is 1.00 bits per heavy atom. The number of methoxy groups -OCH3 is 1. The van der Waals surface area contributed by atoms with Crippen molar-refractivity contribution in [3.63, 3.8) is 0 Å². The van der Waals surface area contributed by atoms with E-state index in [1.807, 2.05) is 42.5 Å². The molecule has 0 spiro atoms. The average Bonchev–Trinajstić information content (AvgIpc) is 2.63. The Kier molecular flexibility index (Phi) is 5.28. The van der Waals surface area contributed by atoms with E-state index in [0.29, 0.717) is 5.56 Å². The normalized spacial score (nSPS) is 16.1. The maximum atomic E-state index is 12.7. The Hall–Kier alpha value is -2.17. The highest BCUT2D eigenvalue weighted by Gasteiger charge is 2.15. The van der Waals surface area contributed by atoms with Crippen LogP contribution in [0.1, 0.15) is 21.5 Å². The molecule has 2 aromatic rings. The highest BCUT2D eigenvalue weighted by atomic mass is 16.5. The number of hydrogen-bond donors (Lipinski definition) is 0. The minimum absolute atomic E-state index is 0.0536. The van der Waals surface area contributed by atoms with Crippen molar-refractivity contribution in [2.45, 2.75) is 6.54 Å². The molecule has 0 saturated carbocycles. The molecule has 4 nitrogen and oxygen atoms in total. The van der Waals surface area contributed by atoms with E-state index in [9.17, 15) is 4.79 Å². The number of hydrogen-bond acceptors (Lipinski definition) is 4. The van der Waals surface area contributed by atoms with Gasteiger partial charge in [-0.2, -0.15) is 0 Å². The number of ketones is 1. The van der Waals surface area contributed by atoms with Crippen molar-refractivity contribution in [1.82, 2.24) is 9.80 Å². The van der Waals surface area contributed by atoms with Crippen molar-refractivity contribution in [3.05, 3.63) is 65.2 Å². The Labute approximate surface area is 143 Å². The van der Waals surface area contributed by atoms with Crippen LogP contribution in [0, 0.1) is 0 Å². The largest absolute Gasteiger partial charge is 0.497 e. The van der Waals surface area contributed by atoms with Crippen molar-refractivity contribution < 1.29 is 9.53 Å². The summed E-state index contributed by atoms with van der Waals surface area (Å²) in [4.78, 5) is 17.5. The van der Waals surface area contributed by atoms with Crippen molar-refractivity contribution in [2.24, 2.45) is 0 Å². The van der Waals surface area contributed by atoms with Crippen LogP contribution < -0.4 is 4.74 Å². The molecular weight excluding hydrogens is 300 g/mol. The molecule has 0 aliphatic carbocycles. The van der Waals surface area contributed by atoms with Crippen LogP contribution in [-0.2, 0) is 6.54 Å². The van der Waals surface area contributed by atoms with Crippen LogP contribution >= 0.6 is 0 Å². The van der Waals surface area contributed by atoms with Gasteiger partial charge in [0, 0.05) is 43.9 Å². The monoisotopic (exact) mass is 324 g/mol. The van der Waals surface area contributed by atoms with E-state index in [-0.39, 0.29) is 5.78 Å². The number of carbonyl (C=O) groups is 1. The zero-order valence-electron chi connectivity index (χ0n) is 14.4. The summed E-state index contributed by atoms with van der Waals surface area (Å²) < 4.78 is 5.15. The predicted octanol–water partition coefficient (Wildman–Crippen LogP) is 2.67. The molecule has 126 valence electrons. The molecule has 1 heterocycles. The number of ether oxygens (including phenoxy) is 1. The van der Waals surface area contributed by atoms with Gasteiger partial charge >= 0.3 is 0 Å². The van der Waals surface area contributed by atoms with E-state index in [2.05, 4.69) is 22.9 Å². The van der Waals surface area contributed by atoms with E-state index in [0.717, 1.165) is 44.0 Å². The molecule has 24 heavy (non-hydrogen) atoms. The van der Waals surface area contributed by atoms with Crippen molar-refractivity contribution in [2.75, 3.05) is 40.3 Å². The number of piperazine rings is 1. The van der Waals surface area contributed by atoms with Gasteiger partial charge in [0.2, 0.25) is 0 Å². The molecule has 1 fully saturated rings. The molecule has 0 aromatic heterocycles. The maximum absolute atomic E-state index is 12.7. The summed E-state index contributed by atoms with van der Waals surface area (Å²) in [6, 6.07) is 15.3. The molecular formula is C20H24N2O2. The van der Waals surface area contributed by atoms with E-state index in [1.54, 1.807) is 7.11 Å². The lowest BCUT2D eigenvalue weighted by molar-refractivity contribution is 0.103. The van der Waals surface area contributed by atoms with Crippen molar-refractivity contribution in [1.29, 1.82) is 0 Å². The van der Waals surface area contributed by atoms with Crippen LogP contribution in [-0.4, -0.2) is 55.9 Å². The lowest BCUT2D eigenvalue weighted by atomic mass is 10.0. The molecule has 0 radical (unpaired) electrons. The van der Waals surface area contributed by atoms with Crippen LogP contribution in [0.2, 0.25) is 0 Å². The number of carbonyl (C=O) groups excluding carboxylic acids is 1. The lowest BCUT2D eigenvalue weighted by Crippen LogP contribution is -2.43. The highest BCUT2D eigenvalue weighted by molar-refractivity contribution is 6.09. The maximum Gasteiger partial charge on any atom is 0.193 e. The predicted molar refractivity (Wildman–Crippen MR) is 95.6 cm³/mol. The van der Waals surface area contributed by atoms with Gasteiger partial charge in [-0.15, -0.1) is 0 Å². The third-order valence-corrected chi connectivity index (χ3v) is 4.54. The smallest absolute Gasteiger partial charge is 0.193 e. The first-order chi connectivity index (χ1) is 11.7. The second-order valence-corrected chi connectivity index (χ2v) is 6.34. The van der Waals surface area contributed by atoms with Crippen LogP contribution in [0.3, 0.4) is 0 Å². The molecule has 4 heteroatoms. The minimum Gasteiger partial charge on any atom is -0.497 e. The molecule has 0 bridgehead atoms. The van der Waals surface area contributed by atoms with Crippen LogP contribution in [0.25, 0.3) is 0 Å². The summed E-state index contributed by atoms with van der Waals surface area (Å²) >= 11 is 0. The van der Waals surface area contributed by atoms with Crippen LogP contribution in [0.15, 0.2) is 48.5 Å². The first kappa shape index (κ1) is 16.7. The highest BCUT2D eigenvalue weighted by Crippen LogP contribution is 2.17. The van der Waals surface area contributed by atoms with Gasteiger partial charge in [0.25, 0.3) is 0 Å². The van der Waals surface area contributed by atoms with Gasteiger partial charge in [-0.3, -0.25) is 9.69 Å². The zero-order chi connectivity index (χ0) is 16.9. The van der Waals surface area contributed by atoms with Gasteiger partial charge < -0.3 is 9.64 Å². The van der Waals surface area contributed by atoms with E-state index >= 15 is 0 Å². The van der Waals surface area contributed by atoms with Crippen molar-refractivity contribution in [3.8, 4) is 5.75 Å². The summed E-state index contributed by atoms with van der Waals surface area (Å²) in [6.45, 7) is 5.26. The number of nitrogens with zero attached hydrogens (tertiary/aromatic N) is 2. The molecule has 2 aromatic carbocycles.